The van der Waals surface area contributed by atoms with Gasteiger partial charge in [0.05, 0.1) is 11.6 Å². The van der Waals surface area contributed by atoms with Crippen LogP contribution in [-0.4, -0.2) is 24.3 Å². The summed E-state index contributed by atoms with van der Waals surface area (Å²) in [5.74, 6) is -1.38. The van der Waals surface area contributed by atoms with E-state index in [0.29, 0.717) is 13.0 Å². The number of aliphatic hydroxyl groups is 1. The van der Waals surface area contributed by atoms with E-state index in [9.17, 15) is 8.78 Å². The highest BCUT2D eigenvalue weighted by atomic mass is 19.1. The second kappa shape index (κ2) is 5.98. The van der Waals surface area contributed by atoms with Crippen molar-refractivity contribution in [1.29, 1.82) is 5.26 Å². The van der Waals surface area contributed by atoms with Gasteiger partial charge in [0.15, 0.2) is 11.6 Å². The van der Waals surface area contributed by atoms with Crippen molar-refractivity contribution in [3.8, 4) is 6.07 Å². The van der Waals surface area contributed by atoms with Crippen LogP contribution in [0.5, 0.6) is 0 Å². The maximum Gasteiger partial charge on any atom is 0.150 e. The fourth-order valence-electron chi connectivity index (χ4n) is 2.66. The molecule has 3 nitrogen and oxygen atoms in total. The fourth-order valence-corrected chi connectivity index (χ4v) is 2.66. The molecule has 0 aromatic heterocycles. The lowest BCUT2D eigenvalue weighted by Gasteiger charge is -2.27. The van der Waals surface area contributed by atoms with Gasteiger partial charge in [0.25, 0.3) is 0 Å². The number of halogens is 2. The first-order chi connectivity index (χ1) is 9.17. The molecule has 1 aromatic rings. The Labute approximate surface area is 111 Å². The molecule has 0 radical (unpaired) electrons. The summed E-state index contributed by atoms with van der Waals surface area (Å²) < 4.78 is 27.9. The van der Waals surface area contributed by atoms with E-state index in [4.69, 9.17) is 10.4 Å². The van der Waals surface area contributed by atoms with Crippen LogP contribution in [0.2, 0.25) is 0 Å². The van der Waals surface area contributed by atoms with Crippen molar-refractivity contribution < 1.29 is 13.9 Å². The van der Waals surface area contributed by atoms with Crippen molar-refractivity contribution in [1.82, 2.24) is 0 Å². The highest BCUT2D eigenvalue weighted by Crippen LogP contribution is 2.32. The quantitative estimate of drug-likeness (QED) is 0.911. The van der Waals surface area contributed by atoms with Crippen molar-refractivity contribution in [2.45, 2.75) is 31.7 Å². The van der Waals surface area contributed by atoms with E-state index in [-0.39, 0.29) is 23.9 Å². The zero-order valence-corrected chi connectivity index (χ0v) is 10.6. The van der Waals surface area contributed by atoms with E-state index < -0.39 is 11.6 Å². The number of aliphatic hydroxyl groups excluding tert-OH is 1. The molecular weight excluding hydrogens is 250 g/mol. The molecule has 1 saturated heterocycles. The molecule has 5 heteroatoms. The number of nitrogens with zero attached hydrogens (tertiary/aromatic N) is 2. The van der Waals surface area contributed by atoms with Crippen LogP contribution < -0.4 is 4.90 Å². The molecule has 0 saturated carbocycles. The topological polar surface area (TPSA) is 47.3 Å². The van der Waals surface area contributed by atoms with Gasteiger partial charge in [-0.2, -0.15) is 5.26 Å². The normalized spacial score (nSPS) is 18.6. The van der Waals surface area contributed by atoms with E-state index in [2.05, 4.69) is 0 Å². The number of nitriles is 1. The van der Waals surface area contributed by atoms with Gasteiger partial charge in [-0.3, -0.25) is 0 Å². The molecule has 2 rings (SSSR count). The third-order valence-electron chi connectivity index (χ3n) is 3.51. The third-order valence-corrected chi connectivity index (χ3v) is 3.51. The van der Waals surface area contributed by atoms with Gasteiger partial charge in [0.2, 0.25) is 0 Å². The Kier molecular flexibility index (Phi) is 4.33. The van der Waals surface area contributed by atoms with Crippen LogP contribution in [0.3, 0.4) is 0 Å². The molecular formula is C14H16F2N2O. The summed E-state index contributed by atoms with van der Waals surface area (Å²) >= 11 is 0. The summed E-state index contributed by atoms with van der Waals surface area (Å²) in [5, 5.41) is 17.5. The third kappa shape index (κ3) is 2.85. The van der Waals surface area contributed by atoms with Crippen LogP contribution in [0.1, 0.15) is 31.2 Å². The van der Waals surface area contributed by atoms with Crippen LogP contribution >= 0.6 is 0 Å². The van der Waals surface area contributed by atoms with Gasteiger partial charge < -0.3 is 10.0 Å². The molecule has 1 N–H and O–H groups in total. The number of benzene rings is 1. The summed E-state index contributed by atoms with van der Waals surface area (Å²) in [6.07, 6.45) is 3.10. The van der Waals surface area contributed by atoms with Gasteiger partial charge in [0, 0.05) is 19.2 Å². The van der Waals surface area contributed by atoms with Crippen LogP contribution in [0, 0.1) is 23.0 Å². The summed E-state index contributed by atoms with van der Waals surface area (Å²) in [6, 6.07) is 3.94. The Morgan fingerprint density at radius 1 is 1.37 bits per heavy atom. The lowest BCUT2D eigenvalue weighted by atomic mass is 10.1. The Morgan fingerprint density at radius 2 is 2.05 bits per heavy atom. The Hall–Kier alpha value is -1.67. The monoisotopic (exact) mass is 266 g/mol. The summed E-state index contributed by atoms with van der Waals surface area (Å²) in [4.78, 5) is 1.72. The average molecular weight is 266 g/mol. The number of anilines is 1. The minimum Gasteiger partial charge on any atom is -0.396 e. The molecule has 0 spiro atoms. The first kappa shape index (κ1) is 13.8. The highest BCUT2D eigenvalue weighted by Gasteiger charge is 2.28. The fraction of sp³-hybridized carbons (Fsp3) is 0.500. The van der Waals surface area contributed by atoms with Crippen molar-refractivity contribution in [3.63, 3.8) is 0 Å². The molecule has 1 aliphatic heterocycles. The van der Waals surface area contributed by atoms with Gasteiger partial charge in [0.1, 0.15) is 5.69 Å². The molecule has 1 aliphatic rings. The molecule has 0 aliphatic carbocycles. The molecule has 1 heterocycles. The van der Waals surface area contributed by atoms with Gasteiger partial charge in [-0.05, 0) is 37.8 Å². The zero-order chi connectivity index (χ0) is 13.8. The van der Waals surface area contributed by atoms with E-state index >= 15 is 0 Å². The SMILES string of the molecule is N#Cc1cc(F)c(N2CCCC2CCCO)c(F)c1. The predicted octanol–water partition coefficient (Wildman–Crippen LogP) is 2.58. The summed E-state index contributed by atoms with van der Waals surface area (Å²) in [6.45, 7) is 0.693. The number of hydrogen-bond acceptors (Lipinski definition) is 3. The lowest BCUT2D eigenvalue weighted by Crippen LogP contribution is -2.31. The van der Waals surface area contributed by atoms with Gasteiger partial charge in [-0.25, -0.2) is 8.78 Å². The Balaban J connectivity index is 2.28. The standard InChI is InChI=1S/C14H16F2N2O/c15-12-7-10(9-17)8-13(16)14(12)18-5-1-3-11(18)4-2-6-19/h7-8,11,19H,1-6H2. The zero-order valence-electron chi connectivity index (χ0n) is 10.6. The second-order valence-electron chi connectivity index (χ2n) is 4.76. The van der Waals surface area contributed by atoms with E-state index in [1.807, 2.05) is 0 Å². The maximum atomic E-state index is 14.0. The van der Waals surface area contributed by atoms with Crippen LogP contribution in [0.25, 0.3) is 0 Å². The number of rotatable bonds is 4. The minimum absolute atomic E-state index is 0.00939. The molecule has 0 bridgehead atoms. The molecule has 1 atom stereocenters. The lowest BCUT2D eigenvalue weighted by molar-refractivity contribution is 0.279. The van der Waals surface area contributed by atoms with Crippen molar-refractivity contribution in [2.75, 3.05) is 18.1 Å². The molecule has 1 fully saturated rings. The Morgan fingerprint density at radius 3 is 2.63 bits per heavy atom. The van der Waals surface area contributed by atoms with Crippen LogP contribution in [0.15, 0.2) is 12.1 Å². The van der Waals surface area contributed by atoms with E-state index in [1.165, 1.54) is 0 Å². The van der Waals surface area contributed by atoms with Crippen molar-refractivity contribution in [3.05, 3.63) is 29.3 Å². The summed E-state index contributed by atoms with van der Waals surface area (Å²) in [5.41, 5.74) is -0.0516. The van der Waals surface area contributed by atoms with Gasteiger partial charge in [-0.15, -0.1) is 0 Å². The predicted molar refractivity (Wildman–Crippen MR) is 67.8 cm³/mol. The smallest absolute Gasteiger partial charge is 0.150 e. The van der Waals surface area contributed by atoms with Crippen molar-refractivity contribution >= 4 is 5.69 Å². The average Bonchev–Trinajstić information content (AvgIpc) is 2.83. The number of hydrogen-bond donors (Lipinski definition) is 1. The Bertz CT molecular complexity index is 476. The first-order valence-corrected chi connectivity index (χ1v) is 6.44. The summed E-state index contributed by atoms with van der Waals surface area (Å²) in [7, 11) is 0. The largest absolute Gasteiger partial charge is 0.396 e. The molecule has 1 aromatic carbocycles. The van der Waals surface area contributed by atoms with Gasteiger partial charge >= 0.3 is 0 Å². The van der Waals surface area contributed by atoms with E-state index in [0.717, 1.165) is 31.4 Å². The molecule has 0 amide bonds. The highest BCUT2D eigenvalue weighted by molar-refractivity contribution is 5.54. The van der Waals surface area contributed by atoms with E-state index in [1.54, 1.807) is 11.0 Å². The minimum atomic E-state index is -0.688. The van der Waals surface area contributed by atoms with Crippen LogP contribution in [0.4, 0.5) is 14.5 Å². The first-order valence-electron chi connectivity index (χ1n) is 6.44. The molecule has 102 valence electrons. The van der Waals surface area contributed by atoms with Crippen molar-refractivity contribution in [2.24, 2.45) is 0 Å². The molecule has 1 unspecified atom stereocenters. The maximum absolute atomic E-state index is 14.0. The van der Waals surface area contributed by atoms with Gasteiger partial charge in [-0.1, -0.05) is 0 Å². The molecule has 19 heavy (non-hydrogen) atoms. The van der Waals surface area contributed by atoms with Crippen LogP contribution in [-0.2, 0) is 0 Å². The second-order valence-corrected chi connectivity index (χ2v) is 4.76.